The fraction of sp³-hybridized carbons (Fsp3) is 0.875. The molecule has 0 radical (unpaired) electrons. The van der Waals surface area contributed by atoms with Gasteiger partial charge in [-0.3, -0.25) is 14.9 Å². The second-order valence-corrected chi connectivity index (χ2v) is 2.96. The topological polar surface area (TPSA) is 69.4 Å². The van der Waals surface area contributed by atoms with Crippen molar-refractivity contribution in [1.29, 1.82) is 0 Å². The number of carbonyl (C=O) groups is 1. The first-order valence-corrected chi connectivity index (χ1v) is 4.29. The van der Waals surface area contributed by atoms with Crippen LogP contribution in [-0.4, -0.2) is 23.0 Å². The van der Waals surface area contributed by atoms with Gasteiger partial charge < -0.3 is 4.74 Å². The number of ether oxygens (including phenoxy) is 1. The maximum absolute atomic E-state index is 10.6. The quantitative estimate of drug-likeness (QED) is 0.372. The Kier molecular flexibility index (Phi) is 5.03. The van der Waals surface area contributed by atoms with Crippen LogP contribution < -0.4 is 0 Å². The van der Waals surface area contributed by atoms with Crippen molar-refractivity contribution in [3.63, 3.8) is 0 Å². The monoisotopic (exact) mass is 189 g/mol. The van der Waals surface area contributed by atoms with Crippen LogP contribution in [0.4, 0.5) is 0 Å². The summed E-state index contributed by atoms with van der Waals surface area (Å²) in [5.41, 5.74) is 0. The zero-order chi connectivity index (χ0) is 10.4. The molecule has 2 atom stereocenters. The molecule has 0 unspecified atom stereocenters. The highest BCUT2D eigenvalue weighted by Crippen LogP contribution is 2.09. The number of nitrogens with zero attached hydrogens (tertiary/aromatic N) is 1. The van der Waals surface area contributed by atoms with Crippen LogP contribution in [0, 0.1) is 10.1 Å². The number of rotatable bonds is 5. The van der Waals surface area contributed by atoms with Gasteiger partial charge in [-0.05, 0) is 6.42 Å². The molecule has 76 valence electrons. The first-order valence-electron chi connectivity index (χ1n) is 4.29. The van der Waals surface area contributed by atoms with Crippen LogP contribution in [-0.2, 0) is 9.53 Å². The summed E-state index contributed by atoms with van der Waals surface area (Å²) in [4.78, 5) is 20.6. The molecular formula is C8H15NO4. The van der Waals surface area contributed by atoms with Crippen LogP contribution in [0.15, 0.2) is 0 Å². The van der Waals surface area contributed by atoms with Crippen molar-refractivity contribution in [2.24, 2.45) is 0 Å². The van der Waals surface area contributed by atoms with Gasteiger partial charge in [0.1, 0.15) is 0 Å². The maximum atomic E-state index is 10.6. The zero-order valence-electron chi connectivity index (χ0n) is 8.15. The second kappa shape index (κ2) is 5.50. The fourth-order valence-corrected chi connectivity index (χ4v) is 1.03. The van der Waals surface area contributed by atoms with E-state index >= 15 is 0 Å². The van der Waals surface area contributed by atoms with Crippen LogP contribution in [0.1, 0.15) is 33.6 Å². The van der Waals surface area contributed by atoms with Gasteiger partial charge in [0.2, 0.25) is 6.04 Å². The number of carbonyl (C=O) groups excluding carboxylic acids is 1. The Hall–Kier alpha value is -1.13. The summed E-state index contributed by atoms with van der Waals surface area (Å²) < 4.78 is 4.83. The van der Waals surface area contributed by atoms with Gasteiger partial charge in [-0.2, -0.15) is 0 Å². The summed E-state index contributed by atoms with van der Waals surface area (Å²) in [7, 11) is 0. The van der Waals surface area contributed by atoms with E-state index < -0.39 is 23.0 Å². The van der Waals surface area contributed by atoms with E-state index in [0.717, 1.165) is 6.42 Å². The molecule has 0 aromatic rings. The van der Waals surface area contributed by atoms with Gasteiger partial charge in [-0.1, -0.05) is 13.3 Å². The molecule has 0 aliphatic rings. The third kappa shape index (κ3) is 4.45. The summed E-state index contributed by atoms with van der Waals surface area (Å²) in [6.07, 6.45) is 0.690. The first kappa shape index (κ1) is 11.9. The van der Waals surface area contributed by atoms with Gasteiger partial charge in [-0.25, -0.2) is 0 Å². The summed E-state index contributed by atoms with van der Waals surface area (Å²) in [6, 6.07) is -0.830. The van der Waals surface area contributed by atoms with Crippen LogP contribution in [0.5, 0.6) is 0 Å². The van der Waals surface area contributed by atoms with Crippen LogP contribution >= 0.6 is 0 Å². The van der Waals surface area contributed by atoms with E-state index in [1.165, 1.54) is 13.8 Å². The summed E-state index contributed by atoms with van der Waals surface area (Å²) in [5.74, 6) is -0.466. The maximum Gasteiger partial charge on any atom is 0.303 e. The lowest BCUT2D eigenvalue weighted by atomic mass is 10.1. The molecule has 5 heteroatoms. The molecule has 0 saturated heterocycles. The molecule has 0 aliphatic carbocycles. The molecule has 0 fully saturated rings. The smallest absolute Gasteiger partial charge is 0.303 e. The van der Waals surface area contributed by atoms with Crippen molar-refractivity contribution in [1.82, 2.24) is 0 Å². The lowest BCUT2D eigenvalue weighted by Gasteiger charge is -2.16. The minimum atomic E-state index is -0.830. The van der Waals surface area contributed by atoms with Gasteiger partial charge in [-0.15, -0.1) is 0 Å². The third-order valence-electron chi connectivity index (χ3n) is 1.76. The zero-order valence-corrected chi connectivity index (χ0v) is 8.15. The van der Waals surface area contributed by atoms with Crippen LogP contribution in [0.3, 0.4) is 0 Å². The molecule has 0 bridgehead atoms. The van der Waals surface area contributed by atoms with Crippen molar-refractivity contribution in [3.8, 4) is 0 Å². The predicted molar refractivity (Wildman–Crippen MR) is 46.9 cm³/mol. The Labute approximate surface area is 77.2 Å². The molecule has 0 saturated carbocycles. The number of esters is 1. The Bertz CT molecular complexity index is 193. The van der Waals surface area contributed by atoms with Gasteiger partial charge in [0.15, 0.2) is 6.10 Å². The predicted octanol–water partition coefficient (Wildman–Crippen LogP) is 1.38. The average Bonchev–Trinajstić information content (AvgIpc) is 2.01. The Morgan fingerprint density at radius 3 is 2.46 bits per heavy atom. The van der Waals surface area contributed by atoms with Crippen LogP contribution in [0.2, 0.25) is 0 Å². The molecule has 0 amide bonds. The lowest BCUT2D eigenvalue weighted by molar-refractivity contribution is -0.529. The fourth-order valence-electron chi connectivity index (χ4n) is 1.03. The van der Waals surface area contributed by atoms with Crippen molar-refractivity contribution >= 4 is 5.97 Å². The number of nitro groups is 1. The Morgan fingerprint density at radius 1 is 1.62 bits per heavy atom. The van der Waals surface area contributed by atoms with E-state index in [4.69, 9.17) is 4.74 Å². The van der Waals surface area contributed by atoms with E-state index in [9.17, 15) is 14.9 Å². The molecule has 0 spiro atoms. The summed E-state index contributed by atoms with van der Waals surface area (Å²) >= 11 is 0. The van der Waals surface area contributed by atoms with Crippen molar-refractivity contribution in [2.75, 3.05) is 0 Å². The van der Waals surface area contributed by atoms with Crippen molar-refractivity contribution in [2.45, 2.75) is 45.8 Å². The van der Waals surface area contributed by atoms with Gasteiger partial charge in [0.05, 0.1) is 0 Å². The summed E-state index contributed by atoms with van der Waals surface area (Å²) in [6.45, 7) is 4.60. The third-order valence-corrected chi connectivity index (χ3v) is 1.76. The van der Waals surface area contributed by atoms with E-state index in [-0.39, 0.29) is 0 Å². The van der Waals surface area contributed by atoms with Gasteiger partial charge >= 0.3 is 5.97 Å². The first-order chi connectivity index (χ1) is 5.99. The van der Waals surface area contributed by atoms with Crippen molar-refractivity contribution in [3.05, 3.63) is 10.1 Å². The minimum Gasteiger partial charge on any atom is -0.455 e. The molecule has 0 rings (SSSR count). The molecule has 13 heavy (non-hydrogen) atoms. The molecule has 0 aliphatic heterocycles. The average molecular weight is 189 g/mol. The highest BCUT2D eigenvalue weighted by Gasteiger charge is 2.28. The van der Waals surface area contributed by atoms with E-state index in [0.29, 0.717) is 6.42 Å². The Morgan fingerprint density at radius 2 is 2.15 bits per heavy atom. The molecule has 5 nitrogen and oxygen atoms in total. The van der Waals surface area contributed by atoms with E-state index in [2.05, 4.69) is 0 Å². The van der Waals surface area contributed by atoms with Crippen molar-refractivity contribution < 1.29 is 14.5 Å². The second-order valence-electron chi connectivity index (χ2n) is 2.96. The van der Waals surface area contributed by atoms with E-state index in [1.54, 1.807) is 0 Å². The number of hydrogen-bond donors (Lipinski definition) is 0. The Balaban J connectivity index is 4.22. The lowest BCUT2D eigenvalue weighted by Crippen LogP contribution is -2.34. The largest absolute Gasteiger partial charge is 0.455 e. The SMILES string of the molecule is CCC[C@@H](OC(C)=O)[C@@H](C)[N+](=O)[O-]. The molecular weight excluding hydrogens is 174 g/mol. The normalized spacial score (nSPS) is 14.7. The molecule has 0 N–H and O–H groups in total. The highest BCUT2D eigenvalue weighted by atomic mass is 16.6. The molecule has 0 aromatic carbocycles. The minimum absolute atomic E-state index is 0.427. The number of hydrogen-bond acceptors (Lipinski definition) is 4. The van der Waals surface area contributed by atoms with Crippen LogP contribution in [0.25, 0.3) is 0 Å². The molecule has 0 aromatic heterocycles. The van der Waals surface area contributed by atoms with E-state index in [1.807, 2.05) is 6.92 Å². The summed E-state index contributed by atoms with van der Waals surface area (Å²) in [5, 5.41) is 10.4. The standard InChI is InChI=1S/C8H15NO4/c1-4-5-8(13-7(3)10)6(2)9(11)12/h6,8H,4-5H2,1-3H3/t6-,8-/m1/s1. The van der Waals surface area contributed by atoms with Gasteiger partial charge in [0.25, 0.3) is 0 Å². The van der Waals surface area contributed by atoms with Gasteiger partial charge in [0, 0.05) is 18.8 Å². The molecule has 0 heterocycles. The highest BCUT2D eigenvalue weighted by molar-refractivity contribution is 5.66.